The molecule has 40 heavy (non-hydrogen) atoms. The van der Waals surface area contributed by atoms with Gasteiger partial charge in [-0.05, 0) is 79.7 Å². The minimum atomic E-state index is 0.792. The summed E-state index contributed by atoms with van der Waals surface area (Å²) in [6.07, 6.45) is 5.99. The molecule has 1 aliphatic heterocycles. The topological polar surface area (TPSA) is 25.4 Å². The average molecular weight is 519 g/mol. The molecular formula is C37H30N2O. The van der Waals surface area contributed by atoms with E-state index in [4.69, 9.17) is 4.74 Å². The molecule has 1 fully saturated rings. The average Bonchev–Trinajstić information content (AvgIpc) is 3.04. The van der Waals surface area contributed by atoms with E-state index in [-0.39, 0.29) is 0 Å². The second-order valence-corrected chi connectivity index (χ2v) is 10.2. The van der Waals surface area contributed by atoms with E-state index in [2.05, 4.69) is 119 Å². The minimum absolute atomic E-state index is 0.792. The van der Waals surface area contributed by atoms with Crippen molar-refractivity contribution in [3.63, 3.8) is 0 Å². The molecule has 0 atom stereocenters. The number of anilines is 1. The molecule has 2 heterocycles. The Balaban J connectivity index is 1.33. The summed E-state index contributed by atoms with van der Waals surface area (Å²) in [5.41, 5.74) is 8.40. The maximum atomic E-state index is 5.55. The van der Waals surface area contributed by atoms with Gasteiger partial charge in [-0.25, -0.2) is 0 Å². The van der Waals surface area contributed by atoms with Crippen molar-refractivity contribution in [3.05, 3.63) is 133 Å². The van der Waals surface area contributed by atoms with Crippen LogP contribution in [0.3, 0.4) is 0 Å². The van der Waals surface area contributed by atoms with Crippen molar-refractivity contribution in [2.24, 2.45) is 0 Å². The molecule has 194 valence electrons. The van der Waals surface area contributed by atoms with E-state index >= 15 is 0 Å². The van der Waals surface area contributed by atoms with Gasteiger partial charge in [0.15, 0.2) is 0 Å². The van der Waals surface area contributed by atoms with Crippen LogP contribution < -0.4 is 4.90 Å². The molecule has 1 saturated heterocycles. The van der Waals surface area contributed by atoms with Gasteiger partial charge in [0.05, 0.1) is 18.9 Å². The van der Waals surface area contributed by atoms with Gasteiger partial charge < -0.3 is 9.64 Å². The smallest absolute Gasteiger partial charge is 0.0642 e. The van der Waals surface area contributed by atoms with Gasteiger partial charge >= 0.3 is 0 Å². The SMILES string of the molecule is C(=Cc1ccccn1)c1ccc(-c2c3ccccc3c(-c3ccc(N4CCOCC4)cc3)c3ccccc23)cc1. The lowest BCUT2D eigenvalue weighted by molar-refractivity contribution is 0.122. The van der Waals surface area contributed by atoms with Gasteiger partial charge in [-0.2, -0.15) is 0 Å². The third-order valence-electron chi connectivity index (χ3n) is 7.80. The van der Waals surface area contributed by atoms with Crippen LogP contribution in [0.25, 0.3) is 56.0 Å². The van der Waals surface area contributed by atoms with Gasteiger partial charge in [-0.15, -0.1) is 0 Å². The van der Waals surface area contributed by atoms with E-state index in [9.17, 15) is 0 Å². The van der Waals surface area contributed by atoms with E-state index in [1.165, 1.54) is 49.5 Å². The first kappa shape index (κ1) is 24.3. The maximum Gasteiger partial charge on any atom is 0.0642 e. The van der Waals surface area contributed by atoms with Gasteiger partial charge in [0.2, 0.25) is 0 Å². The van der Waals surface area contributed by atoms with Crippen LogP contribution in [0.5, 0.6) is 0 Å². The molecule has 3 heteroatoms. The number of nitrogens with zero attached hydrogens (tertiary/aromatic N) is 2. The lowest BCUT2D eigenvalue weighted by Crippen LogP contribution is -2.36. The third-order valence-corrected chi connectivity index (χ3v) is 7.80. The molecule has 0 N–H and O–H groups in total. The molecule has 0 unspecified atom stereocenters. The highest BCUT2D eigenvalue weighted by Crippen LogP contribution is 2.43. The molecule has 0 saturated carbocycles. The van der Waals surface area contributed by atoms with Crippen LogP contribution in [0.4, 0.5) is 5.69 Å². The Morgan fingerprint density at radius 1 is 0.550 bits per heavy atom. The van der Waals surface area contributed by atoms with Crippen molar-refractivity contribution < 1.29 is 4.74 Å². The van der Waals surface area contributed by atoms with Crippen LogP contribution >= 0.6 is 0 Å². The maximum absolute atomic E-state index is 5.55. The lowest BCUT2D eigenvalue weighted by Gasteiger charge is -2.29. The van der Waals surface area contributed by atoms with Crippen molar-refractivity contribution in [3.8, 4) is 22.3 Å². The van der Waals surface area contributed by atoms with E-state index in [0.29, 0.717) is 0 Å². The summed E-state index contributed by atoms with van der Waals surface area (Å²) in [5.74, 6) is 0. The quantitative estimate of drug-likeness (QED) is 0.213. The monoisotopic (exact) mass is 518 g/mol. The summed E-state index contributed by atoms with van der Waals surface area (Å²) in [6.45, 7) is 3.47. The molecule has 7 rings (SSSR count). The van der Waals surface area contributed by atoms with Gasteiger partial charge in [0, 0.05) is 25.0 Å². The molecule has 0 spiro atoms. The van der Waals surface area contributed by atoms with E-state index in [1.807, 2.05) is 24.4 Å². The number of rotatable bonds is 5. The highest BCUT2D eigenvalue weighted by molar-refractivity contribution is 6.21. The van der Waals surface area contributed by atoms with Crippen molar-refractivity contribution in [2.75, 3.05) is 31.2 Å². The number of fused-ring (bicyclic) bond motifs is 2. The van der Waals surface area contributed by atoms with E-state index < -0.39 is 0 Å². The Morgan fingerprint density at radius 3 is 1.60 bits per heavy atom. The van der Waals surface area contributed by atoms with Crippen LogP contribution in [0.15, 0.2) is 121 Å². The molecule has 0 bridgehead atoms. The predicted molar refractivity (Wildman–Crippen MR) is 169 cm³/mol. The Hall–Kier alpha value is -4.73. The number of morpholine rings is 1. The van der Waals surface area contributed by atoms with Crippen molar-refractivity contribution in [1.29, 1.82) is 0 Å². The minimum Gasteiger partial charge on any atom is -0.378 e. The zero-order valence-electron chi connectivity index (χ0n) is 22.3. The van der Waals surface area contributed by atoms with Crippen LogP contribution in [0, 0.1) is 0 Å². The van der Waals surface area contributed by atoms with Crippen molar-refractivity contribution in [2.45, 2.75) is 0 Å². The predicted octanol–water partition coefficient (Wildman–Crippen LogP) is 8.73. The van der Waals surface area contributed by atoms with Crippen molar-refractivity contribution >= 4 is 39.4 Å². The number of ether oxygens (including phenoxy) is 1. The molecule has 1 aromatic heterocycles. The summed E-state index contributed by atoms with van der Waals surface area (Å²) in [7, 11) is 0. The summed E-state index contributed by atoms with van der Waals surface area (Å²) < 4.78 is 5.55. The Morgan fingerprint density at radius 2 is 1.07 bits per heavy atom. The second kappa shape index (κ2) is 10.8. The third kappa shape index (κ3) is 4.66. The number of hydrogen-bond donors (Lipinski definition) is 0. The molecule has 0 amide bonds. The molecule has 3 nitrogen and oxygen atoms in total. The number of hydrogen-bond acceptors (Lipinski definition) is 3. The molecule has 1 aliphatic rings. The zero-order chi connectivity index (χ0) is 26.7. The lowest BCUT2D eigenvalue weighted by atomic mass is 9.86. The van der Waals surface area contributed by atoms with Gasteiger partial charge in [-0.3, -0.25) is 4.98 Å². The first-order valence-corrected chi connectivity index (χ1v) is 13.9. The fourth-order valence-corrected chi connectivity index (χ4v) is 5.83. The van der Waals surface area contributed by atoms with Crippen LogP contribution in [-0.4, -0.2) is 31.3 Å². The standard InChI is InChI=1S/C37H30N2O/c1-3-10-34-32(8-1)36(28-15-12-27(13-16-28)14-19-30-7-5-6-22-38-30)33-9-2-4-11-35(33)37(34)29-17-20-31(21-18-29)39-23-25-40-26-24-39/h1-22H,23-26H2. The Kier molecular flexibility index (Phi) is 6.57. The summed E-state index contributed by atoms with van der Waals surface area (Å²) in [4.78, 5) is 6.80. The number of pyridine rings is 1. The summed E-state index contributed by atoms with van der Waals surface area (Å²) >= 11 is 0. The van der Waals surface area contributed by atoms with E-state index in [0.717, 1.165) is 37.6 Å². The number of benzene rings is 5. The molecule has 5 aromatic carbocycles. The second-order valence-electron chi connectivity index (χ2n) is 10.2. The Bertz CT molecular complexity index is 1740. The van der Waals surface area contributed by atoms with E-state index in [1.54, 1.807) is 0 Å². The van der Waals surface area contributed by atoms with Gasteiger partial charge in [0.25, 0.3) is 0 Å². The fraction of sp³-hybridized carbons (Fsp3) is 0.108. The largest absolute Gasteiger partial charge is 0.378 e. The van der Waals surface area contributed by atoms with Crippen LogP contribution in [-0.2, 0) is 4.74 Å². The Labute approximate surface area is 235 Å². The summed E-state index contributed by atoms with van der Waals surface area (Å²) in [5, 5.41) is 5.08. The first-order chi connectivity index (χ1) is 19.8. The van der Waals surface area contributed by atoms with Crippen molar-refractivity contribution in [1.82, 2.24) is 4.98 Å². The molecule has 0 radical (unpaired) electrons. The summed E-state index contributed by atoms with van der Waals surface area (Å²) in [6, 6.07) is 41.5. The van der Waals surface area contributed by atoms with Gasteiger partial charge in [0.1, 0.15) is 0 Å². The first-order valence-electron chi connectivity index (χ1n) is 13.9. The van der Waals surface area contributed by atoms with Crippen LogP contribution in [0.1, 0.15) is 11.3 Å². The molecular weight excluding hydrogens is 488 g/mol. The number of aromatic nitrogens is 1. The van der Waals surface area contributed by atoms with Crippen LogP contribution in [0.2, 0.25) is 0 Å². The highest BCUT2D eigenvalue weighted by atomic mass is 16.5. The zero-order valence-corrected chi connectivity index (χ0v) is 22.3. The fourth-order valence-electron chi connectivity index (χ4n) is 5.83. The highest BCUT2D eigenvalue weighted by Gasteiger charge is 2.17. The molecule has 6 aromatic rings. The van der Waals surface area contributed by atoms with Gasteiger partial charge in [-0.1, -0.05) is 97.1 Å². The molecule has 0 aliphatic carbocycles. The normalized spacial score (nSPS) is 13.8.